The number of likely N-dealkylation sites (tertiary alicyclic amines) is 1. The molecular formula is C26H30ClN3O4S. The molecule has 1 spiro atoms. The van der Waals surface area contributed by atoms with Crippen LogP contribution in [-0.2, 0) is 14.4 Å². The number of hydrogen-bond acceptors (Lipinski definition) is 5. The maximum atomic E-state index is 14.2. The standard InChI is InChI=1S/C26H30ClN3O4S/c1-3-12-28-13-4-10-25(2)19(22(28)32)20-23(33)30(15-16-31)21-24(34)29(14-5-11-26(20,21)35-25)18-8-6-17(27)7-9-18/h4-11,19-21,31H,3,12-16H2,1-2H3/t19-,20+,21?,25+,26+/m1/s1. The zero-order chi connectivity index (χ0) is 25.0. The van der Waals surface area contributed by atoms with Crippen LogP contribution in [-0.4, -0.2) is 80.9 Å². The number of β-amino-alcohol motifs (C(OH)–C–C–N with tert-alkyl or cyclic N) is 1. The van der Waals surface area contributed by atoms with Crippen LogP contribution in [0.4, 0.5) is 5.69 Å². The summed E-state index contributed by atoms with van der Waals surface area (Å²) < 4.78 is -1.53. The molecule has 0 aliphatic carbocycles. The maximum absolute atomic E-state index is 14.2. The Kier molecular flexibility index (Phi) is 6.26. The number of hydrogen-bond donors (Lipinski definition) is 1. The number of amides is 3. The van der Waals surface area contributed by atoms with E-state index in [1.165, 1.54) is 4.90 Å². The third-order valence-electron chi connectivity index (χ3n) is 7.61. The van der Waals surface area contributed by atoms with E-state index in [-0.39, 0.29) is 30.9 Å². The van der Waals surface area contributed by atoms with Gasteiger partial charge in [0, 0.05) is 41.6 Å². The van der Waals surface area contributed by atoms with Crippen LogP contribution in [0.15, 0.2) is 48.6 Å². The van der Waals surface area contributed by atoms with Crippen LogP contribution < -0.4 is 4.90 Å². The van der Waals surface area contributed by atoms with E-state index in [1.807, 2.05) is 37.0 Å². The first-order valence-electron chi connectivity index (χ1n) is 12.1. The summed E-state index contributed by atoms with van der Waals surface area (Å²) in [5, 5.41) is 10.4. The third-order valence-corrected chi connectivity index (χ3v) is 9.66. The highest BCUT2D eigenvalue weighted by Crippen LogP contribution is 2.65. The van der Waals surface area contributed by atoms with Crippen LogP contribution in [0.3, 0.4) is 0 Å². The van der Waals surface area contributed by atoms with E-state index in [0.29, 0.717) is 30.3 Å². The second kappa shape index (κ2) is 8.98. The molecule has 2 saturated heterocycles. The minimum atomic E-state index is -0.904. The number of aliphatic hydroxyl groups is 1. The van der Waals surface area contributed by atoms with Crippen LogP contribution >= 0.6 is 23.4 Å². The molecule has 2 fully saturated rings. The molecule has 0 saturated carbocycles. The maximum Gasteiger partial charge on any atom is 0.251 e. The summed E-state index contributed by atoms with van der Waals surface area (Å²) >= 11 is 7.62. The summed E-state index contributed by atoms with van der Waals surface area (Å²) in [6, 6.07) is 6.23. The Labute approximate surface area is 214 Å². The fourth-order valence-electron chi connectivity index (χ4n) is 6.24. The quantitative estimate of drug-likeness (QED) is 0.610. The van der Waals surface area contributed by atoms with Crippen molar-refractivity contribution < 1.29 is 19.5 Å². The topological polar surface area (TPSA) is 81.2 Å². The van der Waals surface area contributed by atoms with Gasteiger partial charge in [0.2, 0.25) is 11.8 Å². The molecule has 4 heterocycles. The lowest BCUT2D eigenvalue weighted by Gasteiger charge is -2.36. The summed E-state index contributed by atoms with van der Waals surface area (Å²) in [7, 11) is 0. The molecule has 0 radical (unpaired) electrons. The van der Waals surface area contributed by atoms with Crippen molar-refractivity contribution in [1.29, 1.82) is 0 Å². The first kappa shape index (κ1) is 24.4. The molecule has 1 unspecified atom stereocenters. The molecular weight excluding hydrogens is 486 g/mol. The lowest BCUT2D eigenvalue weighted by Crippen LogP contribution is -2.54. The molecule has 7 nitrogen and oxygen atoms in total. The molecule has 1 aromatic rings. The predicted octanol–water partition coefficient (Wildman–Crippen LogP) is 2.73. The van der Waals surface area contributed by atoms with Gasteiger partial charge in [-0.15, -0.1) is 11.8 Å². The van der Waals surface area contributed by atoms with E-state index in [4.69, 9.17) is 11.6 Å². The largest absolute Gasteiger partial charge is 0.395 e. The van der Waals surface area contributed by atoms with E-state index < -0.39 is 27.4 Å². The predicted molar refractivity (Wildman–Crippen MR) is 137 cm³/mol. The molecule has 4 aliphatic heterocycles. The smallest absolute Gasteiger partial charge is 0.251 e. The lowest BCUT2D eigenvalue weighted by atomic mass is 9.74. The highest BCUT2D eigenvalue weighted by atomic mass is 35.5. The van der Waals surface area contributed by atoms with E-state index in [9.17, 15) is 19.5 Å². The summed E-state index contributed by atoms with van der Waals surface area (Å²) in [5.74, 6) is -1.76. The first-order valence-corrected chi connectivity index (χ1v) is 13.3. The Morgan fingerprint density at radius 1 is 1.00 bits per heavy atom. The van der Waals surface area contributed by atoms with Crippen molar-refractivity contribution in [3.63, 3.8) is 0 Å². The molecule has 5 rings (SSSR count). The van der Waals surface area contributed by atoms with Gasteiger partial charge < -0.3 is 19.8 Å². The summed E-state index contributed by atoms with van der Waals surface area (Å²) in [4.78, 5) is 47.0. The van der Waals surface area contributed by atoms with Crippen molar-refractivity contribution in [2.75, 3.05) is 37.7 Å². The molecule has 1 N–H and O–H groups in total. The normalized spacial score (nSPS) is 34.1. The number of rotatable bonds is 5. The van der Waals surface area contributed by atoms with Crippen molar-refractivity contribution in [2.45, 2.75) is 35.8 Å². The van der Waals surface area contributed by atoms with E-state index in [1.54, 1.807) is 40.9 Å². The van der Waals surface area contributed by atoms with Gasteiger partial charge >= 0.3 is 0 Å². The number of halogens is 1. The van der Waals surface area contributed by atoms with Gasteiger partial charge in [-0.05, 0) is 37.6 Å². The second-order valence-corrected chi connectivity index (χ2v) is 12.0. The summed E-state index contributed by atoms with van der Waals surface area (Å²) in [6.45, 7) is 5.32. The molecule has 0 aromatic heterocycles. The van der Waals surface area contributed by atoms with Gasteiger partial charge in [-0.3, -0.25) is 14.4 Å². The van der Waals surface area contributed by atoms with Crippen molar-refractivity contribution in [3.8, 4) is 0 Å². The van der Waals surface area contributed by atoms with Crippen LogP contribution in [0.1, 0.15) is 20.3 Å². The van der Waals surface area contributed by atoms with Gasteiger partial charge in [0.25, 0.3) is 5.91 Å². The fraction of sp³-hybridized carbons (Fsp3) is 0.500. The van der Waals surface area contributed by atoms with Crippen LogP contribution in [0, 0.1) is 11.8 Å². The molecule has 0 bridgehead atoms. The minimum Gasteiger partial charge on any atom is -0.395 e. The number of anilines is 1. The number of thioether (sulfide) groups is 1. The molecule has 5 atom stereocenters. The SMILES string of the molecule is CCCN1CC=C[C@]2(C)S[C@]34C=CCN(c5ccc(Cl)cc5)C(=O)C3N(CCO)C(=O)[C@@H]4[C@@H]2C1=O. The summed E-state index contributed by atoms with van der Waals surface area (Å²) in [6.07, 6.45) is 8.83. The molecule has 35 heavy (non-hydrogen) atoms. The van der Waals surface area contributed by atoms with Gasteiger partial charge in [-0.2, -0.15) is 0 Å². The Bertz CT molecular complexity index is 1110. The highest BCUT2D eigenvalue weighted by Gasteiger charge is 2.73. The lowest BCUT2D eigenvalue weighted by molar-refractivity contribution is -0.143. The number of carbonyl (C=O) groups is 3. The van der Waals surface area contributed by atoms with Crippen LogP contribution in [0.25, 0.3) is 0 Å². The zero-order valence-corrected chi connectivity index (χ0v) is 21.5. The monoisotopic (exact) mass is 515 g/mol. The number of fused-ring (bicyclic) bond motifs is 2. The molecule has 9 heteroatoms. The number of nitrogens with zero attached hydrogens (tertiary/aromatic N) is 3. The number of benzene rings is 1. The Balaban J connectivity index is 1.62. The second-order valence-electron chi connectivity index (χ2n) is 9.77. The van der Waals surface area contributed by atoms with Crippen LogP contribution in [0.5, 0.6) is 0 Å². The van der Waals surface area contributed by atoms with Crippen LogP contribution in [0.2, 0.25) is 5.02 Å². The molecule has 1 aromatic carbocycles. The van der Waals surface area contributed by atoms with Crippen molar-refractivity contribution >= 4 is 46.8 Å². The molecule has 3 amide bonds. The fourth-order valence-corrected chi connectivity index (χ4v) is 8.53. The number of carbonyl (C=O) groups excluding carboxylic acids is 3. The van der Waals surface area contributed by atoms with Gasteiger partial charge in [-0.1, -0.05) is 42.8 Å². The van der Waals surface area contributed by atoms with Gasteiger partial charge in [0.05, 0.1) is 23.2 Å². The number of aliphatic hydroxyl groups excluding tert-OH is 1. The van der Waals surface area contributed by atoms with E-state index >= 15 is 0 Å². The van der Waals surface area contributed by atoms with Crippen molar-refractivity contribution in [1.82, 2.24) is 9.80 Å². The Morgan fingerprint density at radius 2 is 1.71 bits per heavy atom. The minimum absolute atomic E-state index is 0.0358. The highest BCUT2D eigenvalue weighted by molar-refractivity contribution is 8.02. The van der Waals surface area contributed by atoms with Gasteiger partial charge in [-0.25, -0.2) is 0 Å². The van der Waals surface area contributed by atoms with E-state index in [0.717, 1.165) is 6.42 Å². The average molecular weight is 516 g/mol. The summed E-state index contributed by atoms with van der Waals surface area (Å²) in [5.41, 5.74) is 0.689. The van der Waals surface area contributed by atoms with Crippen molar-refractivity contribution in [3.05, 3.63) is 53.6 Å². The Hall–Kier alpha value is -2.29. The first-order chi connectivity index (χ1) is 16.8. The third kappa shape index (κ3) is 3.64. The van der Waals surface area contributed by atoms with E-state index in [2.05, 4.69) is 6.08 Å². The molecule has 4 aliphatic rings. The Morgan fingerprint density at radius 3 is 2.40 bits per heavy atom. The average Bonchev–Trinajstić information content (AvgIpc) is 3.09. The van der Waals surface area contributed by atoms with Gasteiger partial charge in [0.15, 0.2) is 0 Å². The zero-order valence-electron chi connectivity index (χ0n) is 19.9. The molecule has 186 valence electrons. The van der Waals surface area contributed by atoms with Gasteiger partial charge in [0.1, 0.15) is 6.04 Å². The van der Waals surface area contributed by atoms with Crippen molar-refractivity contribution in [2.24, 2.45) is 11.8 Å².